The van der Waals surface area contributed by atoms with E-state index in [1.807, 2.05) is 19.9 Å². The van der Waals surface area contributed by atoms with Gasteiger partial charge in [-0.05, 0) is 36.6 Å². The smallest absolute Gasteiger partial charge is 0.126 e. The summed E-state index contributed by atoms with van der Waals surface area (Å²) < 4.78 is 11.7. The zero-order valence-electron chi connectivity index (χ0n) is 11.3. The molecule has 0 aliphatic heterocycles. The van der Waals surface area contributed by atoms with E-state index in [0.29, 0.717) is 13.2 Å². The molecule has 0 radical (unpaired) electrons. The SMILES string of the molecule is CCOc1cccc2c1C(OCC)c1ccccc1-2. The van der Waals surface area contributed by atoms with E-state index in [9.17, 15) is 0 Å². The third-order valence-electron chi connectivity index (χ3n) is 3.49. The molecule has 0 bridgehead atoms. The Balaban J connectivity index is 2.19. The molecule has 0 amide bonds. The van der Waals surface area contributed by atoms with Gasteiger partial charge in [-0.25, -0.2) is 0 Å². The highest BCUT2D eigenvalue weighted by molar-refractivity contribution is 5.80. The fourth-order valence-corrected chi connectivity index (χ4v) is 2.80. The van der Waals surface area contributed by atoms with Crippen molar-refractivity contribution >= 4 is 0 Å². The average molecular weight is 254 g/mol. The molecule has 0 heterocycles. The van der Waals surface area contributed by atoms with Gasteiger partial charge >= 0.3 is 0 Å². The average Bonchev–Trinajstić information content (AvgIpc) is 2.76. The van der Waals surface area contributed by atoms with Crippen molar-refractivity contribution in [1.29, 1.82) is 0 Å². The van der Waals surface area contributed by atoms with E-state index in [1.165, 1.54) is 22.3 Å². The second-order valence-corrected chi connectivity index (χ2v) is 4.57. The first-order valence-corrected chi connectivity index (χ1v) is 6.83. The van der Waals surface area contributed by atoms with Crippen molar-refractivity contribution in [1.82, 2.24) is 0 Å². The maximum absolute atomic E-state index is 5.96. The summed E-state index contributed by atoms with van der Waals surface area (Å²) >= 11 is 0. The number of ether oxygens (including phenoxy) is 2. The van der Waals surface area contributed by atoms with Crippen LogP contribution in [0.25, 0.3) is 11.1 Å². The molecule has 2 aromatic rings. The van der Waals surface area contributed by atoms with Gasteiger partial charge in [0.05, 0.1) is 6.61 Å². The van der Waals surface area contributed by atoms with Gasteiger partial charge in [-0.1, -0.05) is 36.4 Å². The highest BCUT2D eigenvalue weighted by atomic mass is 16.5. The molecule has 0 N–H and O–H groups in total. The number of fused-ring (bicyclic) bond motifs is 3. The summed E-state index contributed by atoms with van der Waals surface area (Å²) in [6.07, 6.45) is -0.000972. The van der Waals surface area contributed by atoms with Gasteiger partial charge in [-0.3, -0.25) is 0 Å². The summed E-state index contributed by atoms with van der Waals surface area (Å²) in [5, 5.41) is 0. The highest BCUT2D eigenvalue weighted by Gasteiger charge is 2.31. The Kier molecular flexibility index (Phi) is 3.26. The molecule has 2 aromatic carbocycles. The van der Waals surface area contributed by atoms with Crippen LogP contribution in [0.4, 0.5) is 0 Å². The van der Waals surface area contributed by atoms with Gasteiger partial charge in [0.15, 0.2) is 0 Å². The summed E-state index contributed by atoms with van der Waals surface area (Å²) in [7, 11) is 0. The monoisotopic (exact) mass is 254 g/mol. The maximum atomic E-state index is 5.96. The fraction of sp³-hybridized carbons (Fsp3) is 0.294. The van der Waals surface area contributed by atoms with Crippen molar-refractivity contribution in [3.63, 3.8) is 0 Å². The summed E-state index contributed by atoms with van der Waals surface area (Å²) in [5.74, 6) is 0.939. The molecule has 0 fully saturated rings. The second kappa shape index (κ2) is 5.06. The Morgan fingerprint density at radius 3 is 2.47 bits per heavy atom. The van der Waals surface area contributed by atoms with E-state index >= 15 is 0 Å². The zero-order chi connectivity index (χ0) is 13.2. The molecular formula is C17H18O2. The summed E-state index contributed by atoms with van der Waals surface area (Å²) in [5.41, 5.74) is 4.91. The van der Waals surface area contributed by atoms with Crippen LogP contribution < -0.4 is 4.74 Å². The standard InChI is InChI=1S/C17H18O2/c1-3-18-15-11-7-10-13-12-8-5-6-9-14(12)17(16(13)15)19-4-2/h5-11,17H,3-4H2,1-2H3. The summed E-state index contributed by atoms with van der Waals surface area (Å²) in [6, 6.07) is 14.7. The van der Waals surface area contributed by atoms with Gasteiger partial charge in [0.2, 0.25) is 0 Å². The van der Waals surface area contributed by atoms with Crippen molar-refractivity contribution < 1.29 is 9.47 Å². The van der Waals surface area contributed by atoms with Crippen LogP contribution in [0, 0.1) is 0 Å². The van der Waals surface area contributed by atoms with E-state index in [0.717, 1.165) is 5.75 Å². The Hall–Kier alpha value is -1.80. The molecule has 98 valence electrons. The lowest BCUT2D eigenvalue weighted by atomic mass is 10.1. The van der Waals surface area contributed by atoms with Gasteiger partial charge in [0.25, 0.3) is 0 Å². The first kappa shape index (κ1) is 12.2. The lowest BCUT2D eigenvalue weighted by Gasteiger charge is -2.16. The Morgan fingerprint density at radius 1 is 0.895 bits per heavy atom. The molecule has 0 spiro atoms. The van der Waals surface area contributed by atoms with Crippen LogP contribution in [0.5, 0.6) is 5.75 Å². The van der Waals surface area contributed by atoms with Crippen LogP contribution in [0.1, 0.15) is 31.1 Å². The Labute approximate surface area is 114 Å². The van der Waals surface area contributed by atoms with E-state index in [2.05, 4.69) is 36.4 Å². The first-order chi connectivity index (χ1) is 9.36. The van der Waals surface area contributed by atoms with E-state index in [4.69, 9.17) is 9.47 Å². The number of hydrogen-bond donors (Lipinski definition) is 0. The largest absolute Gasteiger partial charge is 0.493 e. The van der Waals surface area contributed by atoms with Gasteiger partial charge in [0.1, 0.15) is 11.9 Å². The maximum Gasteiger partial charge on any atom is 0.126 e. The topological polar surface area (TPSA) is 18.5 Å². The predicted octanol–water partition coefficient (Wildman–Crippen LogP) is 4.19. The number of hydrogen-bond acceptors (Lipinski definition) is 2. The molecule has 1 atom stereocenters. The van der Waals surface area contributed by atoms with E-state index in [1.54, 1.807) is 0 Å². The lowest BCUT2D eigenvalue weighted by molar-refractivity contribution is 0.0921. The van der Waals surface area contributed by atoms with Gasteiger partial charge < -0.3 is 9.47 Å². The molecule has 3 rings (SSSR count). The quantitative estimate of drug-likeness (QED) is 0.814. The van der Waals surface area contributed by atoms with Crippen LogP contribution in [0.15, 0.2) is 42.5 Å². The Morgan fingerprint density at radius 2 is 1.68 bits per heavy atom. The highest BCUT2D eigenvalue weighted by Crippen LogP contribution is 2.49. The normalized spacial score (nSPS) is 16.0. The van der Waals surface area contributed by atoms with Crippen molar-refractivity contribution in [3.05, 3.63) is 53.6 Å². The molecule has 1 aliphatic carbocycles. The van der Waals surface area contributed by atoms with Crippen LogP contribution in [-0.2, 0) is 4.74 Å². The first-order valence-electron chi connectivity index (χ1n) is 6.83. The lowest BCUT2D eigenvalue weighted by Crippen LogP contribution is -2.05. The predicted molar refractivity (Wildman–Crippen MR) is 76.5 cm³/mol. The Bertz CT molecular complexity index is 590. The number of rotatable bonds is 4. The molecular weight excluding hydrogens is 236 g/mol. The minimum atomic E-state index is -0.000972. The van der Waals surface area contributed by atoms with Gasteiger partial charge in [-0.2, -0.15) is 0 Å². The molecule has 0 aromatic heterocycles. The zero-order valence-corrected chi connectivity index (χ0v) is 11.3. The van der Waals surface area contributed by atoms with Crippen molar-refractivity contribution in [2.75, 3.05) is 13.2 Å². The van der Waals surface area contributed by atoms with Crippen LogP contribution >= 0.6 is 0 Å². The fourth-order valence-electron chi connectivity index (χ4n) is 2.80. The molecule has 2 heteroatoms. The molecule has 0 saturated carbocycles. The third kappa shape index (κ3) is 1.92. The molecule has 19 heavy (non-hydrogen) atoms. The van der Waals surface area contributed by atoms with Gasteiger partial charge in [0, 0.05) is 12.2 Å². The van der Waals surface area contributed by atoms with Gasteiger partial charge in [-0.15, -0.1) is 0 Å². The summed E-state index contributed by atoms with van der Waals surface area (Å²) in [4.78, 5) is 0. The van der Waals surface area contributed by atoms with Crippen LogP contribution in [0.2, 0.25) is 0 Å². The molecule has 2 nitrogen and oxygen atoms in total. The minimum absolute atomic E-state index is 0.000972. The van der Waals surface area contributed by atoms with Crippen molar-refractivity contribution in [2.45, 2.75) is 20.0 Å². The molecule has 1 aliphatic rings. The minimum Gasteiger partial charge on any atom is -0.493 e. The van der Waals surface area contributed by atoms with Crippen molar-refractivity contribution in [2.24, 2.45) is 0 Å². The van der Waals surface area contributed by atoms with E-state index in [-0.39, 0.29) is 6.10 Å². The van der Waals surface area contributed by atoms with E-state index < -0.39 is 0 Å². The third-order valence-corrected chi connectivity index (χ3v) is 3.49. The van der Waals surface area contributed by atoms with Crippen LogP contribution in [-0.4, -0.2) is 13.2 Å². The van der Waals surface area contributed by atoms with Crippen molar-refractivity contribution in [3.8, 4) is 16.9 Å². The van der Waals surface area contributed by atoms with Crippen LogP contribution in [0.3, 0.4) is 0 Å². The molecule has 1 unspecified atom stereocenters. The number of benzene rings is 2. The molecule has 0 saturated heterocycles. The second-order valence-electron chi connectivity index (χ2n) is 4.57. The summed E-state index contributed by atoms with van der Waals surface area (Å²) in [6.45, 7) is 5.41.